The Morgan fingerprint density at radius 2 is 2.12 bits per heavy atom. The minimum absolute atomic E-state index is 0.0296. The molecule has 2 atom stereocenters. The maximum absolute atomic E-state index is 12.8. The summed E-state index contributed by atoms with van der Waals surface area (Å²) in [5.74, 6) is 2.68. The van der Waals surface area contributed by atoms with E-state index in [2.05, 4.69) is 24.0 Å². The summed E-state index contributed by atoms with van der Waals surface area (Å²) in [7, 11) is 0. The molecule has 0 aromatic carbocycles. The molecule has 0 bridgehead atoms. The van der Waals surface area contributed by atoms with Gasteiger partial charge in [-0.05, 0) is 31.7 Å². The van der Waals surface area contributed by atoms with Crippen molar-refractivity contribution < 1.29 is 9.32 Å². The van der Waals surface area contributed by atoms with Crippen LogP contribution in [0, 0.1) is 19.8 Å². The minimum atomic E-state index is 0.0296. The zero-order chi connectivity index (χ0) is 17.0. The number of hydrogen-bond donors (Lipinski definition) is 0. The van der Waals surface area contributed by atoms with Crippen molar-refractivity contribution in [3.05, 3.63) is 40.3 Å². The lowest BCUT2D eigenvalue weighted by Crippen LogP contribution is -2.30. The fourth-order valence-electron chi connectivity index (χ4n) is 3.98. The largest absolute Gasteiger partial charge is 0.361 e. The smallest absolute Gasteiger partial charge is 0.259 e. The third-order valence-electron chi connectivity index (χ3n) is 5.27. The van der Waals surface area contributed by atoms with E-state index >= 15 is 0 Å². The molecule has 6 heteroatoms. The van der Waals surface area contributed by atoms with Crippen molar-refractivity contribution in [3.8, 4) is 0 Å². The van der Waals surface area contributed by atoms with E-state index in [1.54, 1.807) is 6.92 Å². The van der Waals surface area contributed by atoms with Crippen LogP contribution in [0.2, 0.25) is 0 Å². The number of carbonyl (C=O) groups excluding carboxylic acids is 1. The summed E-state index contributed by atoms with van der Waals surface area (Å²) >= 11 is 0. The van der Waals surface area contributed by atoms with Gasteiger partial charge in [-0.15, -0.1) is 0 Å². The SMILES string of the molecule is Cc1noc(C)c1C(=O)N1C[C@@H]2Cc3nc(C(C)C)ncc3[C@@H]2C1. The van der Waals surface area contributed by atoms with E-state index in [1.807, 2.05) is 18.0 Å². The van der Waals surface area contributed by atoms with E-state index in [-0.39, 0.29) is 5.91 Å². The zero-order valence-electron chi connectivity index (χ0n) is 14.5. The molecule has 0 spiro atoms. The highest BCUT2D eigenvalue weighted by molar-refractivity contribution is 5.96. The predicted octanol–water partition coefficient (Wildman–Crippen LogP) is 2.62. The van der Waals surface area contributed by atoms with Crippen LogP contribution in [0.1, 0.15) is 64.6 Å². The third kappa shape index (κ3) is 2.24. The average Bonchev–Trinajstić information content (AvgIpc) is 3.18. The van der Waals surface area contributed by atoms with Gasteiger partial charge in [-0.1, -0.05) is 19.0 Å². The normalized spacial score (nSPS) is 22.1. The Kier molecular flexibility index (Phi) is 3.44. The maximum atomic E-state index is 12.8. The van der Waals surface area contributed by atoms with Crippen LogP contribution < -0.4 is 0 Å². The van der Waals surface area contributed by atoms with Gasteiger partial charge in [0.1, 0.15) is 17.1 Å². The number of likely N-dealkylation sites (tertiary alicyclic amines) is 1. The first-order chi connectivity index (χ1) is 11.5. The summed E-state index contributed by atoms with van der Waals surface area (Å²) in [6.45, 7) is 9.33. The molecule has 0 radical (unpaired) electrons. The number of fused-ring (bicyclic) bond motifs is 3. The molecule has 6 nitrogen and oxygen atoms in total. The zero-order valence-corrected chi connectivity index (χ0v) is 14.5. The van der Waals surface area contributed by atoms with Crippen LogP contribution in [0.4, 0.5) is 0 Å². The van der Waals surface area contributed by atoms with Gasteiger partial charge in [0.2, 0.25) is 0 Å². The van der Waals surface area contributed by atoms with Crippen molar-refractivity contribution >= 4 is 5.91 Å². The molecular formula is C18H22N4O2. The number of aromatic nitrogens is 3. The van der Waals surface area contributed by atoms with Gasteiger partial charge in [-0.2, -0.15) is 0 Å². The Bertz CT molecular complexity index is 792. The number of amides is 1. The Morgan fingerprint density at radius 1 is 1.33 bits per heavy atom. The quantitative estimate of drug-likeness (QED) is 0.848. The highest BCUT2D eigenvalue weighted by Crippen LogP contribution is 2.42. The molecule has 126 valence electrons. The van der Waals surface area contributed by atoms with Crippen LogP contribution in [0.5, 0.6) is 0 Å². The summed E-state index contributed by atoms with van der Waals surface area (Å²) in [6.07, 6.45) is 2.92. The first kappa shape index (κ1) is 15.3. The number of aryl methyl sites for hydroxylation is 2. The predicted molar refractivity (Wildman–Crippen MR) is 87.9 cm³/mol. The summed E-state index contributed by atoms with van der Waals surface area (Å²) < 4.78 is 5.14. The Hall–Kier alpha value is -2.24. The molecule has 0 unspecified atom stereocenters. The number of hydrogen-bond acceptors (Lipinski definition) is 5. The van der Waals surface area contributed by atoms with Gasteiger partial charge < -0.3 is 9.42 Å². The van der Waals surface area contributed by atoms with Crippen molar-refractivity contribution in [1.29, 1.82) is 0 Å². The molecule has 2 aromatic heterocycles. The standard InChI is InChI=1S/C18H22N4O2/c1-9(2)17-19-6-13-14-8-22(7-12(14)5-15(13)20-17)18(23)16-10(3)21-24-11(16)4/h6,9,12,14H,5,7-8H2,1-4H3/t12-,14+/m0/s1. The van der Waals surface area contributed by atoms with Gasteiger partial charge in [-0.25, -0.2) is 9.97 Å². The second kappa shape index (κ2) is 5.40. The molecule has 0 saturated carbocycles. The van der Waals surface area contributed by atoms with Crippen LogP contribution in [0.3, 0.4) is 0 Å². The molecule has 3 heterocycles. The van der Waals surface area contributed by atoms with Crippen molar-refractivity contribution in [2.45, 2.75) is 46.0 Å². The lowest BCUT2D eigenvalue weighted by molar-refractivity contribution is 0.0782. The molecule has 0 N–H and O–H groups in total. The van der Waals surface area contributed by atoms with Crippen molar-refractivity contribution in [2.75, 3.05) is 13.1 Å². The van der Waals surface area contributed by atoms with Crippen molar-refractivity contribution in [3.63, 3.8) is 0 Å². The monoisotopic (exact) mass is 326 g/mol. The molecule has 1 aliphatic carbocycles. The Morgan fingerprint density at radius 3 is 2.79 bits per heavy atom. The number of carbonyl (C=O) groups is 1. The van der Waals surface area contributed by atoms with Gasteiger partial charge in [-0.3, -0.25) is 4.79 Å². The van der Waals surface area contributed by atoms with Crippen LogP contribution >= 0.6 is 0 Å². The first-order valence-electron chi connectivity index (χ1n) is 8.53. The van der Waals surface area contributed by atoms with E-state index in [4.69, 9.17) is 9.51 Å². The highest BCUT2D eigenvalue weighted by atomic mass is 16.5. The molecule has 1 fully saturated rings. The maximum Gasteiger partial charge on any atom is 0.259 e. The summed E-state index contributed by atoms with van der Waals surface area (Å²) in [6, 6.07) is 0. The lowest BCUT2D eigenvalue weighted by atomic mass is 9.97. The second-order valence-electron chi connectivity index (χ2n) is 7.26. The molecule has 24 heavy (non-hydrogen) atoms. The van der Waals surface area contributed by atoms with E-state index < -0.39 is 0 Å². The van der Waals surface area contributed by atoms with E-state index in [0.717, 1.165) is 25.3 Å². The number of rotatable bonds is 2. The Balaban J connectivity index is 1.57. The fraction of sp³-hybridized carbons (Fsp3) is 0.556. The molecule has 1 aliphatic heterocycles. The molecule has 1 amide bonds. The van der Waals surface area contributed by atoms with Crippen molar-refractivity contribution in [2.24, 2.45) is 5.92 Å². The van der Waals surface area contributed by atoms with Crippen molar-refractivity contribution in [1.82, 2.24) is 20.0 Å². The Labute approximate surface area is 141 Å². The summed E-state index contributed by atoms with van der Waals surface area (Å²) in [5, 5.41) is 3.90. The molecule has 1 saturated heterocycles. The van der Waals surface area contributed by atoms with E-state index in [0.29, 0.717) is 34.8 Å². The topological polar surface area (TPSA) is 72.1 Å². The van der Waals surface area contributed by atoms with Gasteiger partial charge in [0.15, 0.2) is 0 Å². The number of nitrogens with zero attached hydrogens (tertiary/aromatic N) is 4. The third-order valence-corrected chi connectivity index (χ3v) is 5.27. The minimum Gasteiger partial charge on any atom is -0.361 e. The van der Waals surface area contributed by atoms with Crippen LogP contribution in [0.25, 0.3) is 0 Å². The lowest BCUT2D eigenvalue weighted by Gasteiger charge is -2.17. The molecule has 4 rings (SSSR count). The summed E-state index contributed by atoms with van der Waals surface area (Å²) in [4.78, 5) is 24.0. The van der Waals surface area contributed by atoms with Gasteiger partial charge >= 0.3 is 0 Å². The van der Waals surface area contributed by atoms with Crippen LogP contribution in [-0.4, -0.2) is 39.0 Å². The van der Waals surface area contributed by atoms with Gasteiger partial charge in [0, 0.05) is 36.8 Å². The first-order valence-corrected chi connectivity index (χ1v) is 8.53. The van der Waals surface area contributed by atoms with Gasteiger partial charge in [0.05, 0.1) is 5.69 Å². The average molecular weight is 326 g/mol. The summed E-state index contributed by atoms with van der Waals surface area (Å²) in [5.41, 5.74) is 3.67. The van der Waals surface area contributed by atoms with E-state index in [9.17, 15) is 4.79 Å². The fourth-order valence-corrected chi connectivity index (χ4v) is 3.98. The molecule has 2 aromatic rings. The highest BCUT2D eigenvalue weighted by Gasteiger charge is 2.43. The van der Waals surface area contributed by atoms with E-state index in [1.165, 1.54) is 11.3 Å². The van der Waals surface area contributed by atoms with Crippen LogP contribution in [0.15, 0.2) is 10.7 Å². The molecular weight excluding hydrogens is 304 g/mol. The van der Waals surface area contributed by atoms with Gasteiger partial charge in [0.25, 0.3) is 5.91 Å². The second-order valence-corrected chi connectivity index (χ2v) is 7.26. The van der Waals surface area contributed by atoms with Crippen LogP contribution in [-0.2, 0) is 6.42 Å². The molecule has 2 aliphatic rings.